The van der Waals surface area contributed by atoms with Gasteiger partial charge in [0.2, 0.25) is 5.91 Å². The maximum absolute atomic E-state index is 12.4. The normalized spacial score (nSPS) is 17.4. The minimum Gasteiger partial charge on any atom is -0.354 e. The highest BCUT2D eigenvalue weighted by Gasteiger charge is 2.30. The third-order valence-corrected chi connectivity index (χ3v) is 4.35. The molecule has 23 heavy (non-hydrogen) atoms. The van der Waals surface area contributed by atoms with Gasteiger partial charge in [0.05, 0.1) is 6.04 Å². The number of carbonyl (C=O) groups excluding carboxylic acids is 2. The van der Waals surface area contributed by atoms with Crippen molar-refractivity contribution in [2.75, 3.05) is 19.6 Å². The summed E-state index contributed by atoms with van der Waals surface area (Å²) in [5, 5.41) is 6.35. The van der Waals surface area contributed by atoms with Crippen LogP contribution >= 0.6 is 11.6 Å². The maximum Gasteiger partial charge on any atom is 0.317 e. The highest BCUT2D eigenvalue weighted by molar-refractivity contribution is 6.31. The van der Waals surface area contributed by atoms with Crippen LogP contribution in [0.25, 0.3) is 0 Å². The minimum absolute atomic E-state index is 0.00522. The van der Waals surface area contributed by atoms with Crippen molar-refractivity contribution in [2.24, 2.45) is 5.92 Å². The van der Waals surface area contributed by atoms with Gasteiger partial charge in [0.15, 0.2) is 0 Å². The average molecular weight is 338 g/mol. The highest BCUT2D eigenvalue weighted by atomic mass is 35.5. The molecule has 0 spiro atoms. The summed E-state index contributed by atoms with van der Waals surface area (Å²) in [6.07, 6.45) is 1.88. The van der Waals surface area contributed by atoms with Gasteiger partial charge < -0.3 is 15.5 Å². The molecule has 0 saturated carbocycles. The number of halogens is 1. The number of urea groups is 1. The van der Waals surface area contributed by atoms with Crippen molar-refractivity contribution in [3.8, 4) is 0 Å². The summed E-state index contributed by atoms with van der Waals surface area (Å²) in [5.74, 6) is -0.0525. The Hall–Kier alpha value is -1.75. The van der Waals surface area contributed by atoms with E-state index in [1.54, 1.807) is 0 Å². The maximum atomic E-state index is 12.4. The topological polar surface area (TPSA) is 61.4 Å². The second-order valence-corrected chi connectivity index (χ2v) is 6.46. The first-order valence-electron chi connectivity index (χ1n) is 8.07. The van der Waals surface area contributed by atoms with Crippen molar-refractivity contribution in [1.82, 2.24) is 15.5 Å². The molecule has 1 saturated heterocycles. The number of nitrogens with one attached hydrogen (secondary N) is 2. The lowest BCUT2D eigenvalue weighted by Gasteiger charge is -2.26. The minimum atomic E-state index is -0.105. The van der Waals surface area contributed by atoms with Crippen LogP contribution in [-0.2, 0) is 4.79 Å². The van der Waals surface area contributed by atoms with Gasteiger partial charge >= 0.3 is 6.03 Å². The fourth-order valence-corrected chi connectivity index (χ4v) is 3.00. The zero-order valence-corrected chi connectivity index (χ0v) is 14.4. The van der Waals surface area contributed by atoms with Crippen LogP contribution in [0, 0.1) is 5.92 Å². The Morgan fingerprint density at radius 2 is 1.96 bits per heavy atom. The zero-order chi connectivity index (χ0) is 16.8. The Labute approximate surface area is 142 Å². The molecule has 5 nitrogen and oxygen atoms in total. The lowest BCUT2D eigenvalue weighted by atomic mass is 10.0. The molecular weight excluding hydrogens is 314 g/mol. The van der Waals surface area contributed by atoms with Crippen LogP contribution in [0.5, 0.6) is 0 Å². The first-order valence-corrected chi connectivity index (χ1v) is 8.45. The number of likely N-dealkylation sites (tertiary alicyclic amines) is 1. The lowest BCUT2D eigenvalue weighted by molar-refractivity contribution is -0.123. The predicted molar refractivity (Wildman–Crippen MR) is 91.4 cm³/mol. The summed E-state index contributed by atoms with van der Waals surface area (Å²) in [6.45, 7) is 5.26. The molecule has 126 valence electrons. The lowest BCUT2D eigenvalue weighted by Crippen LogP contribution is -2.43. The average Bonchev–Trinajstić information content (AvgIpc) is 3.00. The molecule has 1 aliphatic heterocycles. The van der Waals surface area contributed by atoms with E-state index >= 15 is 0 Å². The van der Waals surface area contributed by atoms with Crippen LogP contribution in [0.1, 0.15) is 38.3 Å². The summed E-state index contributed by atoms with van der Waals surface area (Å²) in [7, 11) is 0. The zero-order valence-electron chi connectivity index (χ0n) is 13.6. The van der Waals surface area contributed by atoms with E-state index in [1.165, 1.54) is 0 Å². The van der Waals surface area contributed by atoms with Crippen LogP contribution < -0.4 is 10.6 Å². The van der Waals surface area contributed by atoms with Crippen molar-refractivity contribution in [2.45, 2.75) is 32.7 Å². The van der Waals surface area contributed by atoms with Gasteiger partial charge in [-0.3, -0.25) is 4.79 Å². The molecule has 1 aromatic carbocycles. The summed E-state index contributed by atoms with van der Waals surface area (Å²) >= 11 is 6.26. The Balaban J connectivity index is 1.86. The van der Waals surface area contributed by atoms with Gasteiger partial charge in [0, 0.05) is 30.6 Å². The van der Waals surface area contributed by atoms with E-state index in [2.05, 4.69) is 10.6 Å². The van der Waals surface area contributed by atoms with E-state index in [0.717, 1.165) is 24.9 Å². The van der Waals surface area contributed by atoms with Gasteiger partial charge in [0.1, 0.15) is 0 Å². The molecule has 2 N–H and O–H groups in total. The van der Waals surface area contributed by atoms with Crippen LogP contribution in [0.2, 0.25) is 5.02 Å². The van der Waals surface area contributed by atoms with Gasteiger partial charge in [0.25, 0.3) is 0 Å². The highest BCUT2D eigenvalue weighted by Crippen LogP contribution is 2.35. The predicted octanol–water partition coefficient (Wildman–Crippen LogP) is 2.96. The molecule has 1 atom stereocenters. The molecule has 1 fully saturated rings. The first kappa shape index (κ1) is 17.6. The summed E-state index contributed by atoms with van der Waals surface area (Å²) in [6, 6.07) is 7.58. The largest absolute Gasteiger partial charge is 0.354 e. The molecule has 1 heterocycles. The van der Waals surface area contributed by atoms with Gasteiger partial charge in [-0.15, -0.1) is 0 Å². The van der Waals surface area contributed by atoms with Crippen molar-refractivity contribution in [3.63, 3.8) is 0 Å². The second kappa shape index (κ2) is 8.20. The molecule has 3 amide bonds. The number of hydrogen-bond acceptors (Lipinski definition) is 2. The van der Waals surface area contributed by atoms with Gasteiger partial charge in [-0.05, 0) is 24.5 Å². The van der Waals surface area contributed by atoms with Gasteiger partial charge in [-0.1, -0.05) is 43.6 Å². The van der Waals surface area contributed by atoms with Crippen molar-refractivity contribution in [1.29, 1.82) is 0 Å². The number of rotatable bonds is 5. The number of benzene rings is 1. The van der Waals surface area contributed by atoms with Crippen molar-refractivity contribution in [3.05, 3.63) is 34.9 Å². The smallest absolute Gasteiger partial charge is 0.317 e. The van der Waals surface area contributed by atoms with E-state index in [9.17, 15) is 9.59 Å². The molecule has 0 aliphatic carbocycles. The Morgan fingerprint density at radius 3 is 2.65 bits per heavy atom. The molecule has 0 radical (unpaired) electrons. The van der Waals surface area contributed by atoms with E-state index < -0.39 is 0 Å². The van der Waals surface area contributed by atoms with E-state index in [4.69, 9.17) is 11.6 Å². The Bertz CT molecular complexity index is 563. The molecule has 6 heteroatoms. The van der Waals surface area contributed by atoms with Crippen molar-refractivity contribution >= 4 is 23.5 Å². The third-order valence-electron chi connectivity index (χ3n) is 4.00. The number of amides is 3. The SMILES string of the molecule is CC(C)C(=O)NCCNC(=O)N1CCC[C@H]1c1ccccc1Cl. The Kier molecular flexibility index (Phi) is 6.28. The monoisotopic (exact) mass is 337 g/mol. The fraction of sp³-hybridized carbons (Fsp3) is 0.529. The Morgan fingerprint density at radius 1 is 1.26 bits per heavy atom. The fourth-order valence-electron chi connectivity index (χ4n) is 2.74. The van der Waals surface area contributed by atoms with Crippen LogP contribution in [0.15, 0.2) is 24.3 Å². The summed E-state index contributed by atoms with van der Waals surface area (Å²) < 4.78 is 0. The van der Waals surface area contributed by atoms with E-state index in [1.807, 2.05) is 43.0 Å². The molecular formula is C17H24ClN3O2. The molecule has 1 aromatic rings. The number of hydrogen-bond donors (Lipinski definition) is 2. The number of carbonyl (C=O) groups is 2. The van der Waals surface area contributed by atoms with Gasteiger partial charge in [-0.2, -0.15) is 0 Å². The molecule has 0 unspecified atom stereocenters. The van der Waals surface area contributed by atoms with Crippen molar-refractivity contribution < 1.29 is 9.59 Å². The standard InChI is InChI=1S/C17H24ClN3O2/c1-12(2)16(22)19-9-10-20-17(23)21-11-5-8-15(21)13-6-3-4-7-14(13)18/h3-4,6-7,12,15H,5,8-11H2,1-2H3,(H,19,22)(H,20,23)/t15-/m0/s1. The van der Waals surface area contributed by atoms with Crippen LogP contribution in [0.4, 0.5) is 4.79 Å². The van der Waals surface area contributed by atoms with Gasteiger partial charge in [-0.25, -0.2) is 4.79 Å². The molecule has 1 aliphatic rings. The summed E-state index contributed by atoms with van der Waals surface area (Å²) in [5.41, 5.74) is 0.995. The quantitative estimate of drug-likeness (QED) is 0.811. The molecule has 0 bridgehead atoms. The van der Waals surface area contributed by atoms with E-state index in [0.29, 0.717) is 18.1 Å². The van der Waals surface area contributed by atoms with Crippen LogP contribution in [0.3, 0.4) is 0 Å². The molecule has 2 rings (SSSR count). The number of nitrogens with zero attached hydrogens (tertiary/aromatic N) is 1. The summed E-state index contributed by atoms with van der Waals surface area (Å²) in [4.78, 5) is 25.7. The van der Waals surface area contributed by atoms with Crippen LogP contribution in [-0.4, -0.2) is 36.5 Å². The third kappa shape index (κ3) is 4.61. The molecule has 0 aromatic heterocycles. The van der Waals surface area contributed by atoms with E-state index in [-0.39, 0.29) is 23.9 Å². The first-order chi connectivity index (χ1) is 11.0. The second-order valence-electron chi connectivity index (χ2n) is 6.05.